The van der Waals surface area contributed by atoms with Crippen LogP contribution in [0, 0.1) is 0 Å². The molecule has 28 heavy (non-hydrogen) atoms. The third-order valence-electron chi connectivity index (χ3n) is 4.23. The molecule has 0 fully saturated rings. The Hall–Kier alpha value is -1.15. The Morgan fingerprint density at radius 2 is 1.93 bits per heavy atom. The second-order valence-electron chi connectivity index (χ2n) is 6.34. The summed E-state index contributed by atoms with van der Waals surface area (Å²) >= 11 is 12.3. The monoisotopic (exact) mass is 497 g/mol. The molecule has 0 saturated carbocycles. The molecule has 4 nitrogen and oxygen atoms in total. The van der Waals surface area contributed by atoms with Crippen LogP contribution in [0.2, 0.25) is 5.02 Å². The van der Waals surface area contributed by atoms with Crippen molar-refractivity contribution in [2.24, 2.45) is 0 Å². The molecule has 0 aliphatic heterocycles. The second kappa shape index (κ2) is 10.6. The first-order valence-corrected chi connectivity index (χ1v) is 12.2. The van der Waals surface area contributed by atoms with Gasteiger partial charge in [0.2, 0.25) is 0 Å². The standard InChI is InChI=1S/C20H21BrClN3OS2/c1-2-3-4-5-12-25-19(14-6-8-15(22)9-7-14)23-24-20(25)27-13-16(26)17-10-11-18(21)28-17/h6-11H,2-5,12-13H2,1H3. The second-order valence-corrected chi connectivity index (χ2v) is 10.2. The summed E-state index contributed by atoms with van der Waals surface area (Å²) in [4.78, 5) is 13.2. The van der Waals surface area contributed by atoms with Crippen LogP contribution in [0.15, 0.2) is 45.3 Å². The molecule has 0 aliphatic carbocycles. The molecule has 3 rings (SSSR count). The average Bonchev–Trinajstić information content (AvgIpc) is 3.30. The van der Waals surface area contributed by atoms with Gasteiger partial charge in [0.1, 0.15) is 0 Å². The normalized spacial score (nSPS) is 11.1. The van der Waals surface area contributed by atoms with E-state index in [1.165, 1.54) is 42.4 Å². The summed E-state index contributed by atoms with van der Waals surface area (Å²) in [6, 6.07) is 11.4. The molecular formula is C20H21BrClN3OS2. The van der Waals surface area contributed by atoms with Gasteiger partial charge in [0.05, 0.1) is 14.4 Å². The first-order valence-electron chi connectivity index (χ1n) is 9.19. The predicted octanol–water partition coefficient (Wildman–Crippen LogP) is 6.98. The first-order chi connectivity index (χ1) is 13.6. The summed E-state index contributed by atoms with van der Waals surface area (Å²) in [6.45, 7) is 3.04. The molecule has 148 valence electrons. The number of aromatic nitrogens is 3. The Morgan fingerprint density at radius 1 is 1.14 bits per heavy atom. The highest BCUT2D eigenvalue weighted by atomic mass is 79.9. The van der Waals surface area contributed by atoms with Gasteiger partial charge in [0, 0.05) is 17.1 Å². The Labute approximate surface area is 186 Å². The van der Waals surface area contributed by atoms with Crippen molar-refractivity contribution in [3.05, 3.63) is 50.1 Å². The number of ketones is 1. The van der Waals surface area contributed by atoms with E-state index in [1.807, 2.05) is 36.4 Å². The number of Topliss-reactive ketones (excluding diaryl/α,β-unsaturated/α-hetero) is 1. The van der Waals surface area contributed by atoms with E-state index in [0.29, 0.717) is 10.8 Å². The molecule has 8 heteroatoms. The molecule has 3 aromatic rings. The summed E-state index contributed by atoms with van der Waals surface area (Å²) in [5.41, 5.74) is 0.979. The molecule has 0 unspecified atom stereocenters. The van der Waals surface area contributed by atoms with E-state index in [-0.39, 0.29) is 5.78 Å². The number of thioether (sulfide) groups is 1. The summed E-state index contributed by atoms with van der Waals surface area (Å²) in [5, 5.41) is 10.2. The van der Waals surface area contributed by atoms with Crippen molar-refractivity contribution in [3.8, 4) is 11.4 Å². The summed E-state index contributed by atoms with van der Waals surface area (Å²) in [5.74, 6) is 1.27. The molecular weight excluding hydrogens is 478 g/mol. The highest BCUT2D eigenvalue weighted by Crippen LogP contribution is 2.28. The van der Waals surface area contributed by atoms with Gasteiger partial charge in [-0.1, -0.05) is 49.5 Å². The maximum atomic E-state index is 12.5. The maximum Gasteiger partial charge on any atom is 0.191 e. The summed E-state index contributed by atoms with van der Waals surface area (Å²) < 4.78 is 3.09. The number of carbonyl (C=O) groups excluding carboxylic acids is 1. The van der Waals surface area contributed by atoms with Crippen LogP contribution in [0.25, 0.3) is 11.4 Å². The molecule has 0 atom stereocenters. The minimum Gasteiger partial charge on any atom is -0.302 e. The van der Waals surface area contributed by atoms with E-state index in [9.17, 15) is 4.79 Å². The minimum absolute atomic E-state index is 0.106. The Kier molecular flexibility index (Phi) is 8.14. The fourth-order valence-corrected chi connectivity index (χ4v) is 5.16. The van der Waals surface area contributed by atoms with Gasteiger partial charge >= 0.3 is 0 Å². The van der Waals surface area contributed by atoms with Crippen LogP contribution in [-0.2, 0) is 6.54 Å². The van der Waals surface area contributed by atoms with Gasteiger partial charge in [-0.25, -0.2) is 0 Å². The summed E-state index contributed by atoms with van der Waals surface area (Å²) in [6.07, 6.45) is 4.64. The smallest absolute Gasteiger partial charge is 0.191 e. The van der Waals surface area contributed by atoms with Crippen LogP contribution >= 0.6 is 50.6 Å². The van der Waals surface area contributed by atoms with Gasteiger partial charge in [-0.05, 0) is 58.7 Å². The molecule has 0 saturated heterocycles. The minimum atomic E-state index is 0.106. The van der Waals surface area contributed by atoms with E-state index in [0.717, 1.165) is 38.2 Å². The Bertz CT molecular complexity index is 924. The molecule has 0 spiro atoms. The van der Waals surface area contributed by atoms with Gasteiger partial charge in [-0.15, -0.1) is 21.5 Å². The van der Waals surface area contributed by atoms with E-state index >= 15 is 0 Å². The molecule has 0 aliphatic rings. The largest absolute Gasteiger partial charge is 0.302 e. The van der Waals surface area contributed by atoms with Gasteiger partial charge in [0.15, 0.2) is 16.8 Å². The quantitative estimate of drug-likeness (QED) is 0.172. The Morgan fingerprint density at radius 3 is 2.61 bits per heavy atom. The number of nitrogens with zero attached hydrogens (tertiary/aromatic N) is 3. The fraction of sp³-hybridized carbons (Fsp3) is 0.350. The van der Waals surface area contributed by atoms with Crippen molar-refractivity contribution in [1.29, 1.82) is 0 Å². The highest BCUT2D eigenvalue weighted by Gasteiger charge is 2.17. The van der Waals surface area contributed by atoms with E-state index in [2.05, 4.69) is 37.6 Å². The number of carbonyl (C=O) groups is 1. The lowest BCUT2D eigenvalue weighted by Crippen LogP contribution is -2.05. The van der Waals surface area contributed by atoms with Crippen molar-refractivity contribution in [2.45, 2.75) is 44.3 Å². The van der Waals surface area contributed by atoms with Crippen LogP contribution < -0.4 is 0 Å². The van der Waals surface area contributed by atoms with Crippen molar-refractivity contribution in [1.82, 2.24) is 14.8 Å². The molecule has 0 N–H and O–H groups in total. The van der Waals surface area contributed by atoms with Gasteiger partial charge in [-0.2, -0.15) is 0 Å². The number of benzene rings is 1. The van der Waals surface area contributed by atoms with Crippen LogP contribution in [0.1, 0.15) is 42.3 Å². The van der Waals surface area contributed by atoms with Crippen LogP contribution in [0.3, 0.4) is 0 Å². The third-order valence-corrected chi connectivity index (χ3v) is 7.12. The van der Waals surface area contributed by atoms with E-state index in [4.69, 9.17) is 11.6 Å². The van der Waals surface area contributed by atoms with E-state index in [1.54, 1.807) is 0 Å². The van der Waals surface area contributed by atoms with Crippen molar-refractivity contribution < 1.29 is 4.79 Å². The molecule has 0 amide bonds. The van der Waals surface area contributed by atoms with Gasteiger partial charge < -0.3 is 4.57 Å². The Balaban J connectivity index is 1.77. The van der Waals surface area contributed by atoms with Gasteiger partial charge in [-0.3, -0.25) is 4.79 Å². The highest BCUT2D eigenvalue weighted by molar-refractivity contribution is 9.11. The van der Waals surface area contributed by atoms with E-state index < -0.39 is 0 Å². The fourth-order valence-electron chi connectivity index (χ4n) is 2.77. The van der Waals surface area contributed by atoms with Crippen molar-refractivity contribution >= 4 is 56.4 Å². The van der Waals surface area contributed by atoms with Crippen LogP contribution in [0.4, 0.5) is 0 Å². The lowest BCUT2D eigenvalue weighted by atomic mass is 10.2. The maximum absolute atomic E-state index is 12.5. The molecule has 1 aromatic carbocycles. The molecule has 0 bridgehead atoms. The lowest BCUT2D eigenvalue weighted by Gasteiger charge is -2.10. The van der Waals surface area contributed by atoms with Crippen molar-refractivity contribution in [2.75, 3.05) is 5.75 Å². The predicted molar refractivity (Wildman–Crippen MR) is 122 cm³/mol. The number of hydrogen-bond donors (Lipinski definition) is 0. The molecule has 2 heterocycles. The molecule has 0 radical (unpaired) electrons. The number of hydrogen-bond acceptors (Lipinski definition) is 5. The van der Waals surface area contributed by atoms with Crippen molar-refractivity contribution in [3.63, 3.8) is 0 Å². The topological polar surface area (TPSA) is 47.8 Å². The number of halogens is 2. The lowest BCUT2D eigenvalue weighted by molar-refractivity contribution is 0.102. The zero-order valence-electron chi connectivity index (χ0n) is 15.5. The zero-order valence-corrected chi connectivity index (χ0v) is 19.5. The third kappa shape index (κ3) is 5.69. The zero-order chi connectivity index (χ0) is 19.9. The number of unbranched alkanes of at least 4 members (excludes halogenated alkanes) is 3. The molecule has 2 aromatic heterocycles. The van der Waals surface area contributed by atoms with Crippen LogP contribution in [0.5, 0.6) is 0 Å². The van der Waals surface area contributed by atoms with Crippen LogP contribution in [-0.4, -0.2) is 26.3 Å². The average molecular weight is 499 g/mol. The first kappa shape index (κ1) is 21.6. The summed E-state index contributed by atoms with van der Waals surface area (Å²) in [7, 11) is 0. The number of rotatable bonds is 10. The van der Waals surface area contributed by atoms with Gasteiger partial charge in [0.25, 0.3) is 0 Å². The number of thiophene rings is 1. The SMILES string of the molecule is CCCCCCn1c(SCC(=O)c2ccc(Br)s2)nnc1-c1ccc(Cl)cc1.